The second-order valence-corrected chi connectivity index (χ2v) is 5.56. The Bertz CT molecular complexity index is 571. The van der Waals surface area contributed by atoms with Gasteiger partial charge in [-0.1, -0.05) is 11.6 Å². The lowest BCUT2D eigenvalue weighted by Gasteiger charge is -2.16. The lowest BCUT2D eigenvalue weighted by atomic mass is 10.1. The first-order chi connectivity index (χ1) is 8.52. The fraction of sp³-hybridized carbons (Fsp3) is 0.167. The Balaban J connectivity index is 2.48. The van der Waals surface area contributed by atoms with Gasteiger partial charge in [-0.2, -0.15) is 0 Å². The minimum atomic E-state index is -0.665. The van der Waals surface area contributed by atoms with Gasteiger partial charge in [-0.05, 0) is 31.2 Å². The molecular weight excluding hydrogens is 278 g/mol. The molecule has 3 N–H and O–H groups in total. The summed E-state index contributed by atoms with van der Waals surface area (Å²) in [6.07, 6.45) is 0. The second-order valence-electron chi connectivity index (χ2n) is 3.84. The minimum Gasteiger partial charge on any atom is -0.271 e. The largest absolute Gasteiger partial charge is 0.271 e. The zero-order valence-corrected chi connectivity index (χ0v) is 11.1. The minimum absolute atomic E-state index is 0.140. The Morgan fingerprint density at radius 1 is 1.28 bits per heavy atom. The van der Waals surface area contributed by atoms with Gasteiger partial charge in [0, 0.05) is 15.3 Å². The Kier molecular flexibility index (Phi) is 3.97. The van der Waals surface area contributed by atoms with Crippen molar-refractivity contribution in [1.29, 1.82) is 0 Å². The van der Waals surface area contributed by atoms with E-state index in [4.69, 9.17) is 17.4 Å². The lowest BCUT2D eigenvalue weighted by molar-refractivity contribution is 0.549. The highest BCUT2D eigenvalue weighted by atomic mass is 35.5. The van der Waals surface area contributed by atoms with Crippen LogP contribution in [0.5, 0.6) is 0 Å². The van der Waals surface area contributed by atoms with Crippen LogP contribution in [0.4, 0.5) is 8.78 Å². The third-order valence-corrected chi connectivity index (χ3v) is 3.92. The van der Waals surface area contributed by atoms with Crippen molar-refractivity contribution in [1.82, 2.24) is 5.43 Å². The number of nitrogens with two attached hydrogens (primary N) is 1. The van der Waals surface area contributed by atoms with Crippen molar-refractivity contribution in [3.05, 3.63) is 56.2 Å². The van der Waals surface area contributed by atoms with Crippen molar-refractivity contribution in [2.45, 2.75) is 13.0 Å². The molecule has 0 fully saturated rings. The van der Waals surface area contributed by atoms with E-state index in [1.54, 1.807) is 0 Å². The highest BCUT2D eigenvalue weighted by molar-refractivity contribution is 7.12. The monoisotopic (exact) mass is 288 g/mol. The van der Waals surface area contributed by atoms with E-state index in [0.717, 1.165) is 21.9 Å². The van der Waals surface area contributed by atoms with Crippen molar-refractivity contribution >= 4 is 22.9 Å². The maximum Gasteiger partial charge on any atom is 0.142 e. The number of benzene rings is 1. The van der Waals surface area contributed by atoms with Gasteiger partial charge in [0.1, 0.15) is 11.6 Å². The van der Waals surface area contributed by atoms with E-state index in [0.29, 0.717) is 0 Å². The van der Waals surface area contributed by atoms with Crippen LogP contribution in [0.2, 0.25) is 5.02 Å². The summed E-state index contributed by atoms with van der Waals surface area (Å²) in [5.41, 5.74) is 2.64. The predicted octanol–water partition coefficient (Wildman–Crippen LogP) is 3.54. The molecule has 0 aliphatic heterocycles. The maximum absolute atomic E-state index is 13.8. The summed E-state index contributed by atoms with van der Waals surface area (Å²) in [6, 6.07) is 5.16. The molecule has 1 heterocycles. The number of hydrogen-bond donors (Lipinski definition) is 2. The quantitative estimate of drug-likeness (QED) is 0.515. The molecule has 0 radical (unpaired) electrons. The molecule has 0 aliphatic rings. The van der Waals surface area contributed by atoms with Gasteiger partial charge < -0.3 is 0 Å². The van der Waals surface area contributed by atoms with Crippen molar-refractivity contribution in [3.8, 4) is 0 Å². The number of rotatable bonds is 3. The molecule has 0 amide bonds. The predicted molar refractivity (Wildman–Crippen MR) is 69.6 cm³/mol. The van der Waals surface area contributed by atoms with E-state index in [1.807, 2.05) is 19.1 Å². The summed E-state index contributed by atoms with van der Waals surface area (Å²) in [5, 5.41) is -0.241. The van der Waals surface area contributed by atoms with Crippen LogP contribution in [0.3, 0.4) is 0 Å². The van der Waals surface area contributed by atoms with E-state index in [-0.39, 0.29) is 10.6 Å². The van der Waals surface area contributed by atoms with Gasteiger partial charge in [-0.25, -0.2) is 14.2 Å². The second kappa shape index (κ2) is 5.32. The molecule has 0 saturated carbocycles. The molecule has 6 heteroatoms. The molecule has 0 bridgehead atoms. The van der Waals surface area contributed by atoms with Crippen LogP contribution < -0.4 is 11.3 Å². The van der Waals surface area contributed by atoms with E-state index < -0.39 is 17.7 Å². The van der Waals surface area contributed by atoms with E-state index in [9.17, 15) is 8.78 Å². The number of thiophene rings is 1. The standard InChI is InChI=1S/C12H11ClF2N2S/c1-6-2-3-11(18-6)12(17-16)7-4-10(15)8(13)5-9(7)14/h2-5,12,17H,16H2,1H3. The molecule has 0 aliphatic carbocycles. The van der Waals surface area contributed by atoms with Crippen LogP contribution in [0, 0.1) is 18.6 Å². The summed E-state index contributed by atoms with van der Waals surface area (Å²) in [4.78, 5) is 1.88. The SMILES string of the molecule is Cc1ccc(C(NN)c2cc(F)c(Cl)cc2F)s1. The first-order valence-electron chi connectivity index (χ1n) is 5.20. The van der Waals surface area contributed by atoms with E-state index in [1.165, 1.54) is 11.3 Å². The van der Waals surface area contributed by atoms with Crippen LogP contribution in [0.25, 0.3) is 0 Å². The summed E-state index contributed by atoms with van der Waals surface area (Å²) >= 11 is 6.99. The molecule has 18 heavy (non-hydrogen) atoms. The molecule has 1 unspecified atom stereocenters. The van der Waals surface area contributed by atoms with Crippen LogP contribution in [-0.2, 0) is 0 Å². The van der Waals surface area contributed by atoms with Crippen molar-refractivity contribution < 1.29 is 8.78 Å². The number of hydrazine groups is 1. The fourth-order valence-electron chi connectivity index (χ4n) is 1.69. The molecule has 1 aromatic heterocycles. The third-order valence-electron chi connectivity index (χ3n) is 2.56. The number of aryl methyl sites for hydroxylation is 1. The first kappa shape index (κ1) is 13.4. The highest BCUT2D eigenvalue weighted by Gasteiger charge is 2.20. The van der Waals surface area contributed by atoms with Crippen molar-refractivity contribution in [3.63, 3.8) is 0 Å². The summed E-state index contributed by atoms with van der Waals surface area (Å²) < 4.78 is 27.2. The summed E-state index contributed by atoms with van der Waals surface area (Å²) in [7, 11) is 0. The molecule has 2 nitrogen and oxygen atoms in total. The van der Waals surface area contributed by atoms with Crippen molar-refractivity contribution in [2.75, 3.05) is 0 Å². The molecule has 2 aromatic rings. The van der Waals surface area contributed by atoms with Gasteiger partial charge in [0.25, 0.3) is 0 Å². The normalized spacial score (nSPS) is 12.7. The van der Waals surface area contributed by atoms with Crippen molar-refractivity contribution in [2.24, 2.45) is 5.84 Å². The smallest absolute Gasteiger partial charge is 0.142 e. The maximum atomic E-state index is 13.8. The van der Waals surface area contributed by atoms with Crippen LogP contribution in [0.1, 0.15) is 21.4 Å². The Hall–Kier alpha value is -1.01. The Morgan fingerprint density at radius 3 is 2.56 bits per heavy atom. The highest BCUT2D eigenvalue weighted by Crippen LogP contribution is 2.31. The zero-order valence-electron chi connectivity index (χ0n) is 9.51. The Morgan fingerprint density at radius 2 is 2.00 bits per heavy atom. The molecule has 0 saturated heterocycles. The third kappa shape index (κ3) is 2.54. The Labute approximate surface area is 112 Å². The average molecular weight is 289 g/mol. The number of halogens is 3. The molecule has 96 valence electrons. The first-order valence-corrected chi connectivity index (χ1v) is 6.39. The topological polar surface area (TPSA) is 38.0 Å². The van der Waals surface area contributed by atoms with E-state index >= 15 is 0 Å². The molecule has 1 aromatic carbocycles. The van der Waals surface area contributed by atoms with Crippen LogP contribution in [0.15, 0.2) is 24.3 Å². The molecule has 0 spiro atoms. The summed E-state index contributed by atoms with van der Waals surface area (Å²) in [5.74, 6) is 4.18. The number of nitrogens with one attached hydrogen (secondary N) is 1. The van der Waals surface area contributed by atoms with Crippen LogP contribution >= 0.6 is 22.9 Å². The molecule has 2 rings (SSSR count). The summed E-state index contributed by atoms with van der Waals surface area (Å²) in [6.45, 7) is 1.93. The van der Waals surface area contributed by atoms with Gasteiger partial charge >= 0.3 is 0 Å². The van der Waals surface area contributed by atoms with Gasteiger partial charge in [0.05, 0.1) is 11.1 Å². The fourth-order valence-corrected chi connectivity index (χ4v) is 2.80. The average Bonchev–Trinajstić information content (AvgIpc) is 2.73. The molecule has 1 atom stereocenters. The van der Waals surface area contributed by atoms with Gasteiger partial charge in [0.2, 0.25) is 0 Å². The van der Waals surface area contributed by atoms with E-state index in [2.05, 4.69) is 5.43 Å². The van der Waals surface area contributed by atoms with Gasteiger partial charge in [-0.15, -0.1) is 11.3 Å². The number of hydrogen-bond acceptors (Lipinski definition) is 3. The molecular formula is C12H11ClF2N2S. The van der Waals surface area contributed by atoms with Gasteiger partial charge in [0.15, 0.2) is 0 Å². The lowest BCUT2D eigenvalue weighted by Crippen LogP contribution is -2.29. The zero-order chi connectivity index (χ0) is 13.3. The van der Waals surface area contributed by atoms with Gasteiger partial charge in [-0.3, -0.25) is 5.84 Å². The van der Waals surface area contributed by atoms with Crippen LogP contribution in [-0.4, -0.2) is 0 Å².